The van der Waals surface area contributed by atoms with Gasteiger partial charge in [-0.05, 0) is 45.7 Å². The number of nitrogens with one attached hydrogen (secondary N) is 2. The lowest BCUT2D eigenvalue weighted by atomic mass is 9.89. The van der Waals surface area contributed by atoms with Crippen molar-refractivity contribution in [2.24, 2.45) is 0 Å². The molecule has 0 saturated heterocycles. The highest BCUT2D eigenvalue weighted by molar-refractivity contribution is 6.00. The first-order chi connectivity index (χ1) is 18.5. The topological polar surface area (TPSA) is 132 Å². The van der Waals surface area contributed by atoms with E-state index in [2.05, 4.69) is 20.7 Å². The molecule has 3 aromatic rings. The van der Waals surface area contributed by atoms with E-state index in [9.17, 15) is 18.8 Å². The maximum Gasteiger partial charge on any atom is 0.415 e. The summed E-state index contributed by atoms with van der Waals surface area (Å²) in [6.07, 6.45) is 3.08. The van der Waals surface area contributed by atoms with Gasteiger partial charge in [0.2, 0.25) is 0 Å². The third-order valence-electron chi connectivity index (χ3n) is 6.81. The second-order valence-electron chi connectivity index (χ2n) is 10.8. The molecule has 12 nitrogen and oxygen atoms in total. The minimum absolute atomic E-state index is 0.0644. The van der Waals surface area contributed by atoms with Crippen LogP contribution in [0.5, 0.6) is 0 Å². The monoisotopic (exact) mass is 541 g/mol. The Kier molecular flexibility index (Phi) is 6.79. The van der Waals surface area contributed by atoms with Crippen LogP contribution < -0.4 is 21.1 Å². The standard InChI is InChI=1S/C26H32FN7O5/c1-26(2,3)39-25(37)32(4)21-12-20(29-17-7-6-10-33(24(17)36)18-11-15(18)27)31-22-14(13-28-34(21)22)23(35)30-16-8-9-19(16)38-5/h6-7,10,12-13,15-16,18-19H,8-9,11H2,1-5H3,(H,29,31)(H,30,35)/t15-,16?,18-,19+/m1/s1. The Morgan fingerprint density at radius 2 is 2.00 bits per heavy atom. The van der Waals surface area contributed by atoms with Crippen LogP contribution >= 0.6 is 0 Å². The summed E-state index contributed by atoms with van der Waals surface area (Å²) in [7, 11) is 3.11. The molecule has 39 heavy (non-hydrogen) atoms. The highest BCUT2D eigenvalue weighted by Crippen LogP contribution is 2.38. The lowest BCUT2D eigenvalue weighted by molar-refractivity contribution is 0.00732. The quantitative estimate of drug-likeness (QED) is 0.466. The largest absolute Gasteiger partial charge is 0.443 e. The zero-order valence-corrected chi connectivity index (χ0v) is 22.5. The maximum absolute atomic E-state index is 13.7. The van der Waals surface area contributed by atoms with Gasteiger partial charge in [-0.25, -0.2) is 14.2 Å². The number of hydrogen-bond acceptors (Lipinski definition) is 8. The molecule has 2 fully saturated rings. The number of alkyl halides is 1. The molecule has 3 heterocycles. The van der Waals surface area contributed by atoms with Crippen molar-refractivity contribution in [1.82, 2.24) is 24.5 Å². The van der Waals surface area contributed by atoms with E-state index in [-0.39, 0.29) is 47.1 Å². The van der Waals surface area contributed by atoms with E-state index in [1.165, 1.54) is 33.3 Å². The molecule has 5 rings (SSSR count). The summed E-state index contributed by atoms with van der Waals surface area (Å²) in [4.78, 5) is 44.9. The SMILES string of the molecule is CO[C@H]1CCC1NC(=O)c1cnn2c(N(C)C(=O)OC(C)(C)C)cc(Nc3cccn([C@@H]4C[C@H]4F)c3=O)nc12. The predicted molar refractivity (Wildman–Crippen MR) is 141 cm³/mol. The van der Waals surface area contributed by atoms with Gasteiger partial charge in [0.1, 0.15) is 34.7 Å². The molecular formula is C26H32FN7O5. The van der Waals surface area contributed by atoms with E-state index in [4.69, 9.17) is 9.47 Å². The van der Waals surface area contributed by atoms with Crippen LogP contribution in [0.2, 0.25) is 0 Å². The molecule has 0 bridgehead atoms. The average molecular weight is 542 g/mol. The second kappa shape index (κ2) is 9.95. The van der Waals surface area contributed by atoms with Gasteiger partial charge in [0.05, 0.1) is 24.4 Å². The summed E-state index contributed by atoms with van der Waals surface area (Å²) in [6.45, 7) is 5.25. The Bertz CT molecular complexity index is 1480. The first kappa shape index (κ1) is 26.6. The van der Waals surface area contributed by atoms with Gasteiger partial charge in [-0.3, -0.25) is 14.5 Å². The van der Waals surface area contributed by atoms with Gasteiger partial charge < -0.3 is 24.7 Å². The number of ether oxygens (including phenoxy) is 2. The molecule has 2 N–H and O–H groups in total. The Labute approximate surface area is 224 Å². The van der Waals surface area contributed by atoms with Gasteiger partial charge in [-0.1, -0.05) is 0 Å². The van der Waals surface area contributed by atoms with Gasteiger partial charge in [0.15, 0.2) is 5.65 Å². The molecule has 208 valence electrons. The van der Waals surface area contributed by atoms with E-state index < -0.39 is 35.4 Å². The molecule has 0 aliphatic heterocycles. The van der Waals surface area contributed by atoms with E-state index in [1.54, 1.807) is 46.2 Å². The molecular weight excluding hydrogens is 509 g/mol. The Hall–Kier alpha value is -4.00. The smallest absolute Gasteiger partial charge is 0.415 e. The van der Waals surface area contributed by atoms with Crippen molar-refractivity contribution in [3.8, 4) is 0 Å². The summed E-state index contributed by atoms with van der Waals surface area (Å²) in [5, 5.41) is 10.3. The molecule has 4 atom stereocenters. The van der Waals surface area contributed by atoms with Crippen molar-refractivity contribution in [2.45, 2.75) is 70.0 Å². The van der Waals surface area contributed by atoms with Gasteiger partial charge in [0.25, 0.3) is 11.5 Å². The van der Waals surface area contributed by atoms with Crippen LogP contribution in [0.15, 0.2) is 35.4 Å². The van der Waals surface area contributed by atoms with Crippen molar-refractivity contribution in [3.05, 3.63) is 46.5 Å². The summed E-state index contributed by atoms with van der Waals surface area (Å²) in [5.74, 6) is 0.0388. The van der Waals surface area contributed by atoms with Crippen LogP contribution in [0.25, 0.3) is 5.65 Å². The number of rotatable bonds is 7. The lowest BCUT2D eigenvalue weighted by Gasteiger charge is -2.35. The third kappa shape index (κ3) is 5.31. The molecule has 2 aliphatic rings. The lowest BCUT2D eigenvalue weighted by Crippen LogP contribution is -2.51. The van der Waals surface area contributed by atoms with Crippen LogP contribution in [0.1, 0.15) is 56.4 Å². The van der Waals surface area contributed by atoms with Crippen LogP contribution in [-0.4, -0.2) is 69.2 Å². The number of amides is 2. The number of methoxy groups -OCH3 is 1. The van der Waals surface area contributed by atoms with Crippen molar-refractivity contribution < 1.29 is 23.5 Å². The average Bonchev–Trinajstić information content (AvgIpc) is 3.42. The Morgan fingerprint density at radius 1 is 1.26 bits per heavy atom. The van der Waals surface area contributed by atoms with E-state index >= 15 is 0 Å². The van der Waals surface area contributed by atoms with Gasteiger partial charge in [-0.15, -0.1) is 0 Å². The number of pyridine rings is 1. The first-order valence-electron chi connectivity index (χ1n) is 12.8. The third-order valence-corrected chi connectivity index (χ3v) is 6.81. The van der Waals surface area contributed by atoms with Crippen LogP contribution in [-0.2, 0) is 9.47 Å². The van der Waals surface area contributed by atoms with Crippen molar-refractivity contribution in [3.63, 3.8) is 0 Å². The number of carbonyl (C=O) groups is 2. The van der Waals surface area contributed by atoms with E-state index in [1.807, 2.05) is 0 Å². The number of halogens is 1. The Balaban J connectivity index is 1.54. The first-order valence-corrected chi connectivity index (χ1v) is 12.8. The number of hydrogen-bond donors (Lipinski definition) is 2. The fraction of sp³-hybridized carbons (Fsp3) is 0.500. The van der Waals surface area contributed by atoms with E-state index in [0.29, 0.717) is 0 Å². The Morgan fingerprint density at radius 3 is 2.62 bits per heavy atom. The molecule has 2 amide bonds. The molecule has 3 aromatic heterocycles. The highest BCUT2D eigenvalue weighted by Gasteiger charge is 2.40. The number of anilines is 3. The second-order valence-corrected chi connectivity index (χ2v) is 10.8. The molecule has 0 radical (unpaired) electrons. The van der Waals surface area contributed by atoms with Gasteiger partial charge in [0, 0.05) is 32.8 Å². The van der Waals surface area contributed by atoms with Crippen molar-refractivity contribution >= 4 is 35.0 Å². The molecule has 1 unspecified atom stereocenters. The fourth-order valence-corrected chi connectivity index (χ4v) is 4.44. The molecule has 0 spiro atoms. The molecule has 2 saturated carbocycles. The van der Waals surface area contributed by atoms with Crippen molar-refractivity contribution in [2.75, 3.05) is 24.4 Å². The number of aromatic nitrogens is 4. The van der Waals surface area contributed by atoms with Crippen LogP contribution in [0.4, 0.5) is 26.5 Å². The van der Waals surface area contributed by atoms with Crippen LogP contribution in [0.3, 0.4) is 0 Å². The van der Waals surface area contributed by atoms with Gasteiger partial charge >= 0.3 is 6.09 Å². The molecule has 2 aliphatic carbocycles. The summed E-state index contributed by atoms with van der Waals surface area (Å²) in [6, 6.07) is 4.10. The van der Waals surface area contributed by atoms with Gasteiger partial charge in [-0.2, -0.15) is 9.61 Å². The number of nitrogens with zero attached hydrogens (tertiary/aromatic N) is 5. The summed E-state index contributed by atoms with van der Waals surface area (Å²) >= 11 is 0. The predicted octanol–water partition coefficient (Wildman–Crippen LogP) is 3.20. The minimum Gasteiger partial charge on any atom is -0.443 e. The van der Waals surface area contributed by atoms with Crippen molar-refractivity contribution in [1.29, 1.82) is 0 Å². The molecule has 13 heteroatoms. The minimum atomic E-state index is -1.05. The number of carbonyl (C=O) groups excluding carboxylic acids is 2. The highest BCUT2D eigenvalue weighted by atomic mass is 19.1. The summed E-state index contributed by atoms with van der Waals surface area (Å²) < 4.78 is 27.3. The zero-order chi connectivity index (χ0) is 28.1. The zero-order valence-electron chi connectivity index (χ0n) is 22.5. The van der Waals surface area contributed by atoms with Crippen LogP contribution in [0, 0.1) is 0 Å². The fourth-order valence-electron chi connectivity index (χ4n) is 4.44. The normalized spacial score (nSPS) is 22.2. The number of fused-ring (bicyclic) bond motifs is 1. The maximum atomic E-state index is 13.7. The summed E-state index contributed by atoms with van der Waals surface area (Å²) in [5.41, 5.74) is -0.641. The molecule has 0 aromatic carbocycles. The van der Waals surface area contributed by atoms with E-state index in [0.717, 1.165) is 12.8 Å².